The fourth-order valence-electron chi connectivity index (χ4n) is 3.58. The van der Waals surface area contributed by atoms with Gasteiger partial charge >= 0.3 is 0 Å². The van der Waals surface area contributed by atoms with Crippen LogP contribution in [0, 0.1) is 5.41 Å². The minimum absolute atomic E-state index is 0.0342. The van der Waals surface area contributed by atoms with Crippen molar-refractivity contribution in [2.24, 2.45) is 5.41 Å². The molecule has 2 aliphatic rings. The molecule has 1 aliphatic carbocycles. The zero-order chi connectivity index (χ0) is 15.6. The second-order valence-electron chi connectivity index (χ2n) is 7.44. The highest BCUT2D eigenvalue weighted by molar-refractivity contribution is 5.02. The number of aliphatic hydroxyl groups is 1. The molecule has 0 bridgehead atoms. The number of rotatable bonds is 6. The van der Waals surface area contributed by atoms with Gasteiger partial charge in [0, 0.05) is 30.4 Å². The van der Waals surface area contributed by atoms with E-state index >= 15 is 0 Å². The first kappa shape index (κ1) is 15.8. The molecule has 0 radical (unpaired) electrons. The molecule has 1 aromatic rings. The second-order valence-corrected chi connectivity index (χ2v) is 7.44. The lowest BCUT2D eigenvalue weighted by atomic mass is 9.77. The molecule has 122 valence electrons. The first-order chi connectivity index (χ1) is 10.6. The zero-order valence-electron chi connectivity index (χ0n) is 14.0. The number of hydrogen-bond donors (Lipinski definition) is 1. The summed E-state index contributed by atoms with van der Waals surface area (Å²) in [5.74, 6) is 1.19. The fourth-order valence-corrected chi connectivity index (χ4v) is 3.58. The second kappa shape index (κ2) is 6.55. The number of aliphatic hydroxyl groups excluding tert-OH is 1. The van der Waals surface area contributed by atoms with Gasteiger partial charge in [0.25, 0.3) is 0 Å². The maximum Gasteiger partial charge on any atom is 0.123 e. The van der Waals surface area contributed by atoms with Gasteiger partial charge in [-0.3, -0.25) is 4.90 Å². The molecule has 3 rings (SSSR count). The van der Waals surface area contributed by atoms with Crippen LogP contribution in [0.4, 0.5) is 0 Å². The van der Waals surface area contributed by atoms with E-state index in [4.69, 9.17) is 0 Å². The third kappa shape index (κ3) is 3.61. The zero-order valence-corrected chi connectivity index (χ0v) is 14.0. The van der Waals surface area contributed by atoms with Gasteiger partial charge in [0.05, 0.1) is 13.2 Å². The van der Waals surface area contributed by atoms with Gasteiger partial charge in [0.15, 0.2) is 0 Å². The van der Waals surface area contributed by atoms with Crippen molar-refractivity contribution < 1.29 is 5.11 Å². The Morgan fingerprint density at radius 3 is 2.95 bits per heavy atom. The van der Waals surface area contributed by atoms with Crippen LogP contribution in [0.5, 0.6) is 0 Å². The molecular formula is C18H29N3O. The van der Waals surface area contributed by atoms with E-state index in [1.165, 1.54) is 30.7 Å². The van der Waals surface area contributed by atoms with Crippen LogP contribution >= 0.6 is 0 Å². The minimum Gasteiger partial charge on any atom is -0.396 e. The first-order valence-electron chi connectivity index (χ1n) is 8.60. The summed E-state index contributed by atoms with van der Waals surface area (Å²) in [6.07, 6.45) is 12.2. The minimum atomic E-state index is 0.0342. The standard InChI is InChI=1S/C18H29N3O/c1-15(2)6-8-18(14-22)7-3-10-20(13-18)12-17-19-9-11-21(17)16-4-5-16/h6,9,11,16,22H,3-5,7-8,10,12-14H2,1-2H3/t18-/m0/s1. The number of hydrogen-bond acceptors (Lipinski definition) is 3. The molecule has 1 saturated carbocycles. The van der Waals surface area contributed by atoms with Crippen LogP contribution in [-0.2, 0) is 6.54 Å². The van der Waals surface area contributed by atoms with Gasteiger partial charge in [-0.25, -0.2) is 4.98 Å². The third-order valence-corrected chi connectivity index (χ3v) is 5.07. The molecule has 1 aromatic heterocycles. The molecule has 2 fully saturated rings. The van der Waals surface area contributed by atoms with Gasteiger partial charge in [-0.05, 0) is 52.5 Å². The Morgan fingerprint density at radius 1 is 1.45 bits per heavy atom. The maximum atomic E-state index is 9.97. The molecule has 22 heavy (non-hydrogen) atoms. The summed E-state index contributed by atoms with van der Waals surface area (Å²) in [7, 11) is 0. The monoisotopic (exact) mass is 303 g/mol. The van der Waals surface area contributed by atoms with Gasteiger partial charge in [0.1, 0.15) is 5.82 Å². The number of piperidine rings is 1. The molecule has 4 heteroatoms. The summed E-state index contributed by atoms with van der Waals surface area (Å²) in [6, 6.07) is 0.690. The van der Waals surface area contributed by atoms with Crippen LogP contribution in [0.15, 0.2) is 24.0 Å². The number of nitrogens with zero attached hydrogens (tertiary/aromatic N) is 3. The van der Waals surface area contributed by atoms with E-state index in [-0.39, 0.29) is 12.0 Å². The number of imidazole rings is 1. The van der Waals surface area contributed by atoms with Crippen molar-refractivity contribution in [2.45, 2.75) is 58.5 Å². The van der Waals surface area contributed by atoms with Crippen molar-refractivity contribution in [3.8, 4) is 0 Å². The Balaban J connectivity index is 1.66. The lowest BCUT2D eigenvalue weighted by molar-refractivity contribution is 0.0292. The van der Waals surface area contributed by atoms with E-state index < -0.39 is 0 Å². The molecule has 4 nitrogen and oxygen atoms in total. The molecule has 0 spiro atoms. The first-order valence-corrected chi connectivity index (χ1v) is 8.60. The molecule has 1 saturated heterocycles. The fraction of sp³-hybridized carbons (Fsp3) is 0.722. The van der Waals surface area contributed by atoms with Gasteiger partial charge in [0.2, 0.25) is 0 Å². The van der Waals surface area contributed by atoms with Gasteiger partial charge in [-0.2, -0.15) is 0 Å². The highest BCUT2D eigenvalue weighted by Crippen LogP contribution is 2.37. The van der Waals surface area contributed by atoms with Gasteiger partial charge in [-0.1, -0.05) is 11.6 Å². The Kier molecular flexibility index (Phi) is 4.69. The molecule has 2 heterocycles. The lowest BCUT2D eigenvalue weighted by Gasteiger charge is -2.41. The summed E-state index contributed by atoms with van der Waals surface area (Å²) in [6.45, 7) is 7.57. The van der Waals surface area contributed by atoms with Crippen LogP contribution in [-0.4, -0.2) is 39.3 Å². The SMILES string of the molecule is CC(C)=CC[C@@]1(CO)CCCN(Cc2nccn2C2CC2)C1. The van der Waals surface area contributed by atoms with Crippen LogP contribution in [0.2, 0.25) is 0 Å². The van der Waals surface area contributed by atoms with Crippen molar-refractivity contribution in [2.75, 3.05) is 19.7 Å². The molecule has 0 unspecified atom stereocenters. The van der Waals surface area contributed by atoms with Crippen LogP contribution in [0.1, 0.15) is 57.8 Å². The molecular weight excluding hydrogens is 274 g/mol. The summed E-state index contributed by atoms with van der Waals surface area (Å²) >= 11 is 0. The summed E-state index contributed by atoms with van der Waals surface area (Å²) < 4.78 is 2.35. The largest absolute Gasteiger partial charge is 0.396 e. The molecule has 1 atom stereocenters. The van der Waals surface area contributed by atoms with Crippen LogP contribution < -0.4 is 0 Å². The Hall–Kier alpha value is -1.13. The topological polar surface area (TPSA) is 41.3 Å². The van der Waals surface area contributed by atoms with E-state index in [2.05, 4.69) is 40.6 Å². The Labute approximate surface area is 133 Å². The van der Waals surface area contributed by atoms with E-state index in [0.29, 0.717) is 6.04 Å². The highest BCUT2D eigenvalue weighted by atomic mass is 16.3. The highest BCUT2D eigenvalue weighted by Gasteiger charge is 2.35. The molecule has 0 amide bonds. The van der Waals surface area contributed by atoms with E-state index in [0.717, 1.165) is 32.5 Å². The average Bonchev–Trinajstić information content (AvgIpc) is 3.26. The maximum absolute atomic E-state index is 9.97. The van der Waals surface area contributed by atoms with Crippen molar-refractivity contribution >= 4 is 0 Å². The molecule has 0 aromatic carbocycles. The smallest absolute Gasteiger partial charge is 0.123 e. The van der Waals surface area contributed by atoms with E-state index in [1.807, 2.05) is 6.20 Å². The van der Waals surface area contributed by atoms with Crippen molar-refractivity contribution in [1.29, 1.82) is 0 Å². The summed E-state index contributed by atoms with van der Waals surface area (Å²) in [5.41, 5.74) is 1.38. The average molecular weight is 303 g/mol. The summed E-state index contributed by atoms with van der Waals surface area (Å²) in [5, 5.41) is 9.97. The van der Waals surface area contributed by atoms with Gasteiger partial charge in [-0.15, -0.1) is 0 Å². The van der Waals surface area contributed by atoms with Crippen molar-refractivity contribution in [3.63, 3.8) is 0 Å². The predicted molar refractivity (Wildman–Crippen MR) is 88.6 cm³/mol. The Morgan fingerprint density at radius 2 is 2.27 bits per heavy atom. The van der Waals surface area contributed by atoms with Crippen molar-refractivity contribution in [1.82, 2.24) is 14.5 Å². The van der Waals surface area contributed by atoms with Crippen LogP contribution in [0.25, 0.3) is 0 Å². The Bertz CT molecular complexity index is 528. The number of aromatic nitrogens is 2. The normalized spacial score (nSPS) is 26.1. The van der Waals surface area contributed by atoms with E-state index in [9.17, 15) is 5.11 Å². The molecule has 1 aliphatic heterocycles. The number of likely N-dealkylation sites (tertiary alicyclic amines) is 1. The van der Waals surface area contributed by atoms with Gasteiger partial charge < -0.3 is 9.67 Å². The summed E-state index contributed by atoms with van der Waals surface area (Å²) in [4.78, 5) is 7.05. The lowest BCUT2D eigenvalue weighted by Crippen LogP contribution is -2.45. The molecule has 1 N–H and O–H groups in total. The predicted octanol–water partition coefficient (Wildman–Crippen LogP) is 3.15. The van der Waals surface area contributed by atoms with E-state index in [1.54, 1.807) is 0 Å². The quantitative estimate of drug-likeness (QED) is 0.821. The third-order valence-electron chi connectivity index (χ3n) is 5.07. The van der Waals surface area contributed by atoms with Crippen molar-refractivity contribution in [3.05, 3.63) is 29.9 Å². The number of allylic oxidation sites excluding steroid dienone is 2. The van der Waals surface area contributed by atoms with Crippen LogP contribution in [0.3, 0.4) is 0 Å².